The van der Waals surface area contributed by atoms with E-state index in [1.807, 2.05) is 6.07 Å². The van der Waals surface area contributed by atoms with Crippen molar-refractivity contribution in [1.82, 2.24) is 10.6 Å². The summed E-state index contributed by atoms with van der Waals surface area (Å²) in [6.45, 7) is 0.780. The number of nitrogens with one attached hydrogen (secondary N) is 3. The van der Waals surface area contributed by atoms with E-state index in [0.29, 0.717) is 37.1 Å². The molecule has 1 aromatic rings. The highest BCUT2D eigenvalue weighted by atomic mass is 19.4. The number of hydrogen-bond acceptors (Lipinski definition) is 5. The summed E-state index contributed by atoms with van der Waals surface area (Å²) < 4.78 is 53.2. The quantitative estimate of drug-likeness (QED) is 0.609. The van der Waals surface area contributed by atoms with Gasteiger partial charge in [-0.05, 0) is 56.5 Å². The fourth-order valence-electron chi connectivity index (χ4n) is 5.14. The van der Waals surface area contributed by atoms with E-state index in [1.54, 1.807) is 24.3 Å². The van der Waals surface area contributed by atoms with Crippen LogP contribution < -0.4 is 16.0 Å². The Hall–Kier alpha value is -2.35. The van der Waals surface area contributed by atoms with Crippen LogP contribution in [0.3, 0.4) is 0 Å². The summed E-state index contributed by atoms with van der Waals surface area (Å²) in [6, 6.07) is 7.67. The number of benzene rings is 1. The Balaban J connectivity index is 1.41. The standard InChI is InChI=1S/C23H29F3N4O3/c24-23(25,26)22(11-13-32-22)17-4-1-2-6-19(17)33-20-18(5-3-12-28-20)30-21(31)29-16-9-7-15(14-27)8-10-16/h7-10,17-20,28H,1-6,11-13H2,(H2,29,30,31). The summed E-state index contributed by atoms with van der Waals surface area (Å²) in [6.07, 6.45) is -1.72. The summed E-state index contributed by atoms with van der Waals surface area (Å²) in [5, 5.41) is 17.7. The fourth-order valence-corrected chi connectivity index (χ4v) is 5.14. The molecule has 5 unspecified atom stereocenters. The number of halogens is 3. The van der Waals surface area contributed by atoms with Crippen LogP contribution in [0.25, 0.3) is 0 Å². The normalized spacial score (nSPS) is 32.3. The summed E-state index contributed by atoms with van der Waals surface area (Å²) in [7, 11) is 0. The maximum Gasteiger partial charge on any atom is 0.417 e. The van der Waals surface area contributed by atoms with Crippen LogP contribution in [-0.2, 0) is 9.47 Å². The van der Waals surface area contributed by atoms with E-state index < -0.39 is 36.1 Å². The van der Waals surface area contributed by atoms with Gasteiger partial charge in [0.25, 0.3) is 0 Å². The molecule has 3 N–H and O–H groups in total. The van der Waals surface area contributed by atoms with E-state index in [2.05, 4.69) is 16.0 Å². The van der Waals surface area contributed by atoms with Gasteiger partial charge in [-0.3, -0.25) is 5.32 Å². The Morgan fingerprint density at radius 2 is 1.91 bits per heavy atom. The van der Waals surface area contributed by atoms with Crippen LogP contribution in [0.15, 0.2) is 24.3 Å². The number of nitrogens with zero attached hydrogens (tertiary/aromatic N) is 1. The molecule has 7 nitrogen and oxygen atoms in total. The molecule has 3 fully saturated rings. The number of amides is 2. The minimum Gasteiger partial charge on any atom is -0.365 e. The van der Waals surface area contributed by atoms with Gasteiger partial charge in [0.05, 0.1) is 30.4 Å². The lowest BCUT2D eigenvalue weighted by Gasteiger charge is -2.52. The molecule has 10 heteroatoms. The minimum atomic E-state index is -4.44. The highest BCUT2D eigenvalue weighted by Crippen LogP contribution is 2.52. The maximum atomic E-state index is 13.9. The van der Waals surface area contributed by atoms with E-state index in [-0.39, 0.29) is 19.1 Å². The summed E-state index contributed by atoms with van der Waals surface area (Å²) >= 11 is 0. The van der Waals surface area contributed by atoms with Crippen LogP contribution in [0.5, 0.6) is 0 Å². The Labute approximate surface area is 191 Å². The molecule has 180 valence electrons. The van der Waals surface area contributed by atoms with Gasteiger partial charge in [-0.15, -0.1) is 0 Å². The average Bonchev–Trinajstić information content (AvgIpc) is 2.75. The molecule has 1 aromatic carbocycles. The molecule has 5 atom stereocenters. The van der Waals surface area contributed by atoms with Crippen molar-refractivity contribution in [2.45, 2.75) is 75.1 Å². The predicted octanol–water partition coefficient (Wildman–Crippen LogP) is 4.05. The molecule has 0 radical (unpaired) electrons. The molecule has 0 spiro atoms. The molecule has 1 aliphatic carbocycles. The number of rotatable bonds is 5. The van der Waals surface area contributed by atoms with Gasteiger partial charge in [0.1, 0.15) is 6.23 Å². The van der Waals surface area contributed by atoms with Gasteiger partial charge in [-0.2, -0.15) is 18.4 Å². The van der Waals surface area contributed by atoms with E-state index in [1.165, 1.54) is 0 Å². The number of ether oxygens (including phenoxy) is 2. The van der Waals surface area contributed by atoms with Crippen LogP contribution in [0.1, 0.15) is 50.5 Å². The van der Waals surface area contributed by atoms with Gasteiger partial charge in [-0.1, -0.05) is 12.8 Å². The van der Waals surface area contributed by atoms with Crippen molar-refractivity contribution < 1.29 is 27.4 Å². The lowest BCUT2D eigenvalue weighted by Crippen LogP contribution is -2.65. The van der Waals surface area contributed by atoms with Crippen molar-refractivity contribution in [3.05, 3.63) is 29.8 Å². The molecule has 2 saturated heterocycles. The van der Waals surface area contributed by atoms with Gasteiger partial charge in [-0.25, -0.2) is 4.79 Å². The number of hydrogen-bond donors (Lipinski definition) is 3. The largest absolute Gasteiger partial charge is 0.417 e. The number of piperidine rings is 1. The first kappa shape index (κ1) is 23.8. The fraction of sp³-hybridized carbons (Fsp3) is 0.652. The van der Waals surface area contributed by atoms with Gasteiger partial charge in [0, 0.05) is 18.0 Å². The van der Waals surface area contributed by atoms with E-state index >= 15 is 0 Å². The summed E-state index contributed by atoms with van der Waals surface area (Å²) in [5.74, 6) is -0.753. The third-order valence-electron chi connectivity index (χ3n) is 6.93. The maximum absolute atomic E-state index is 13.9. The number of anilines is 1. The van der Waals surface area contributed by atoms with Crippen LogP contribution in [0.2, 0.25) is 0 Å². The molecule has 2 aliphatic heterocycles. The predicted molar refractivity (Wildman–Crippen MR) is 114 cm³/mol. The van der Waals surface area contributed by atoms with Crippen LogP contribution in [0, 0.1) is 17.2 Å². The van der Waals surface area contributed by atoms with Crippen molar-refractivity contribution in [2.75, 3.05) is 18.5 Å². The van der Waals surface area contributed by atoms with E-state index in [9.17, 15) is 18.0 Å². The Kier molecular flexibility index (Phi) is 7.12. The Bertz CT molecular complexity index is 867. The molecule has 2 amide bonds. The third kappa shape index (κ3) is 5.10. The van der Waals surface area contributed by atoms with Crippen molar-refractivity contribution in [3.63, 3.8) is 0 Å². The second-order valence-corrected chi connectivity index (χ2v) is 8.96. The SMILES string of the molecule is N#Cc1ccc(NC(=O)NC2CCCNC2OC2CCCCC2C2(C(F)(F)F)CCO2)cc1. The average molecular weight is 467 g/mol. The van der Waals surface area contributed by atoms with Crippen molar-refractivity contribution >= 4 is 11.7 Å². The second kappa shape index (κ2) is 9.87. The van der Waals surface area contributed by atoms with E-state index in [0.717, 1.165) is 19.3 Å². The van der Waals surface area contributed by atoms with Crippen LogP contribution in [-0.4, -0.2) is 49.3 Å². The number of carbonyl (C=O) groups excluding carboxylic acids is 1. The molecule has 0 bridgehead atoms. The first-order chi connectivity index (χ1) is 15.8. The lowest BCUT2D eigenvalue weighted by atomic mass is 9.70. The first-order valence-electron chi connectivity index (χ1n) is 11.5. The minimum absolute atomic E-state index is 0.0339. The third-order valence-corrected chi connectivity index (χ3v) is 6.93. The number of nitriles is 1. The van der Waals surface area contributed by atoms with Crippen LogP contribution in [0.4, 0.5) is 23.7 Å². The number of alkyl halides is 3. The smallest absolute Gasteiger partial charge is 0.365 e. The zero-order chi connectivity index (χ0) is 23.5. The molecule has 4 rings (SSSR count). The monoisotopic (exact) mass is 466 g/mol. The highest BCUT2D eigenvalue weighted by Gasteiger charge is 2.66. The zero-order valence-corrected chi connectivity index (χ0v) is 18.3. The van der Waals surface area contributed by atoms with E-state index in [4.69, 9.17) is 14.7 Å². The Morgan fingerprint density at radius 3 is 2.55 bits per heavy atom. The molecule has 1 saturated carbocycles. The van der Waals surface area contributed by atoms with Gasteiger partial charge < -0.3 is 20.1 Å². The molecule has 2 heterocycles. The van der Waals surface area contributed by atoms with Gasteiger partial charge >= 0.3 is 12.2 Å². The summed E-state index contributed by atoms with van der Waals surface area (Å²) in [5.41, 5.74) is -1.10. The number of carbonyl (C=O) groups is 1. The van der Waals surface area contributed by atoms with Gasteiger partial charge in [0.15, 0.2) is 5.60 Å². The van der Waals surface area contributed by atoms with Gasteiger partial charge in [0.2, 0.25) is 0 Å². The highest BCUT2D eigenvalue weighted by molar-refractivity contribution is 5.89. The second-order valence-electron chi connectivity index (χ2n) is 8.96. The molecule has 0 aromatic heterocycles. The van der Waals surface area contributed by atoms with Crippen LogP contribution >= 0.6 is 0 Å². The summed E-state index contributed by atoms with van der Waals surface area (Å²) in [4.78, 5) is 12.5. The lowest BCUT2D eigenvalue weighted by molar-refractivity contribution is -0.358. The zero-order valence-electron chi connectivity index (χ0n) is 18.3. The molecule has 3 aliphatic rings. The van der Waals surface area contributed by atoms with Crippen molar-refractivity contribution in [2.24, 2.45) is 5.92 Å². The van der Waals surface area contributed by atoms with Crippen molar-refractivity contribution in [1.29, 1.82) is 5.26 Å². The molecular formula is C23H29F3N4O3. The Morgan fingerprint density at radius 1 is 1.18 bits per heavy atom. The first-order valence-corrected chi connectivity index (χ1v) is 11.5. The molecular weight excluding hydrogens is 437 g/mol. The van der Waals surface area contributed by atoms with Crippen molar-refractivity contribution in [3.8, 4) is 6.07 Å². The topological polar surface area (TPSA) is 95.4 Å². The number of urea groups is 1. The molecule has 33 heavy (non-hydrogen) atoms.